The first-order valence-electron chi connectivity index (χ1n) is 9.05. The molecule has 3 rings (SSSR count). The maximum Gasteiger partial charge on any atom is 0.237 e. The van der Waals surface area contributed by atoms with Gasteiger partial charge in [-0.25, -0.2) is 4.98 Å². The Morgan fingerprint density at radius 3 is 2.43 bits per heavy atom. The van der Waals surface area contributed by atoms with Crippen molar-refractivity contribution in [3.63, 3.8) is 0 Å². The van der Waals surface area contributed by atoms with Crippen LogP contribution in [0.4, 0.5) is 5.69 Å². The van der Waals surface area contributed by atoms with Crippen LogP contribution in [0.3, 0.4) is 0 Å². The van der Waals surface area contributed by atoms with E-state index in [9.17, 15) is 4.79 Å². The molecule has 0 aliphatic heterocycles. The molecular weight excluding hydrogens is 388 g/mol. The molecule has 1 unspecified atom stereocenters. The zero-order valence-electron chi connectivity index (χ0n) is 16.4. The van der Waals surface area contributed by atoms with Crippen LogP contribution in [0.15, 0.2) is 69.5 Å². The summed E-state index contributed by atoms with van der Waals surface area (Å²) in [4.78, 5) is 19.3. The zero-order valence-corrected chi connectivity index (χ0v) is 18.0. The van der Waals surface area contributed by atoms with Crippen molar-refractivity contribution in [2.75, 3.05) is 5.32 Å². The highest BCUT2D eigenvalue weighted by Crippen LogP contribution is 2.33. The van der Waals surface area contributed by atoms with E-state index in [0.717, 1.165) is 21.3 Å². The molecule has 1 atom stereocenters. The predicted octanol–water partition coefficient (Wildman–Crippen LogP) is 5.37. The topological polar surface area (TPSA) is 70.7 Å². The lowest BCUT2D eigenvalue weighted by Crippen LogP contribution is -2.22. The molecule has 0 aliphatic carbocycles. The van der Waals surface area contributed by atoms with Gasteiger partial charge in [-0.2, -0.15) is 0 Å². The van der Waals surface area contributed by atoms with Gasteiger partial charge in [0.05, 0.1) is 10.9 Å². The lowest BCUT2D eigenvalue weighted by atomic mass is 9.96. The van der Waals surface area contributed by atoms with Crippen molar-refractivity contribution in [1.82, 2.24) is 15.2 Å². The third-order valence-corrected chi connectivity index (χ3v) is 5.99. The van der Waals surface area contributed by atoms with Gasteiger partial charge in [0.25, 0.3) is 0 Å². The van der Waals surface area contributed by atoms with Crippen LogP contribution in [-0.2, 0) is 10.2 Å². The van der Waals surface area contributed by atoms with Gasteiger partial charge >= 0.3 is 0 Å². The van der Waals surface area contributed by atoms with Crippen molar-refractivity contribution in [1.29, 1.82) is 0 Å². The largest absolute Gasteiger partial charge is 0.324 e. The summed E-state index contributed by atoms with van der Waals surface area (Å²) in [6.07, 6.45) is 0. The van der Waals surface area contributed by atoms with Gasteiger partial charge in [0.15, 0.2) is 0 Å². The normalized spacial score (nSPS) is 12.6. The Balaban J connectivity index is 1.66. The highest BCUT2D eigenvalue weighted by molar-refractivity contribution is 8.00. The number of anilines is 1. The van der Waals surface area contributed by atoms with Crippen LogP contribution < -0.4 is 5.32 Å². The number of nitrogens with one attached hydrogen (secondary N) is 2. The van der Waals surface area contributed by atoms with Crippen molar-refractivity contribution in [2.45, 2.75) is 53.3 Å². The summed E-state index contributed by atoms with van der Waals surface area (Å²) in [5.41, 5.74) is 0.699. The number of nitrogens with zero attached hydrogens (tertiary/aromatic N) is 2. The molecule has 146 valence electrons. The Labute approximate surface area is 174 Å². The zero-order chi connectivity index (χ0) is 20.1. The minimum Gasteiger partial charge on any atom is -0.324 e. The number of aromatic nitrogens is 3. The molecular formula is C21H24N4OS2. The smallest absolute Gasteiger partial charge is 0.237 e. The quantitative estimate of drug-likeness (QED) is 0.532. The number of thioether (sulfide) groups is 1. The second kappa shape index (κ2) is 8.84. The number of hydrogen-bond acceptors (Lipinski definition) is 5. The van der Waals surface area contributed by atoms with E-state index in [1.807, 2.05) is 49.4 Å². The van der Waals surface area contributed by atoms with Gasteiger partial charge < -0.3 is 5.32 Å². The first-order chi connectivity index (χ1) is 13.3. The molecule has 0 bridgehead atoms. The van der Waals surface area contributed by atoms with Gasteiger partial charge in [-0.3, -0.25) is 9.89 Å². The van der Waals surface area contributed by atoms with Crippen molar-refractivity contribution in [3.8, 4) is 0 Å². The second-order valence-corrected chi connectivity index (χ2v) is 9.80. The number of carbonyl (C=O) groups is 1. The number of hydrogen-bond donors (Lipinski definition) is 2. The lowest BCUT2D eigenvalue weighted by Gasteiger charge is -2.14. The Morgan fingerprint density at radius 2 is 1.75 bits per heavy atom. The third-order valence-electron chi connectivity index (χ3n) is 3.94. The number of para-hydroxylation sites is 1. The number of benzene rings is 2. The molecule has 0 fully saturated rings. The Hall–Kier alpha value is -2.25. The number of carbonyl (C=O) groups excluding carboxylic acids is 1. The molecule has 3 aromatic rings. The van der Waals surface area contributed by atoms with Crippen molar-refractivity contribution in [3.05, 3.63) is 60.4 Å². The molecule has 2 N–H and O–H groups in total. The van der Waals surface area contributed by atoms with Gasteiger partial charge in [-0.05, 0) is 31.2 Å². The van der Waals surface area contributed by atoms with E-state index in [4.69, 9.17) is 0 Å². The van der Waals surface area contributed by atoms with E-state index in [1.165, 1.54) is 11.8 Å². The van der Waals surface area contributed by atoms with Crippen LogP contribution >= 0.6 is 23.5 Å². The monoisotopic (exact) mass is 412 g/mol. The summed E-state index contributed by atoms with van der Waals surface area (Å²) in [6.45, 7) is 8.07. The molecule has 0 spiro atoms. The summed E-state index contributed by atoms with van der Waals surface area (Å²) in [5, 5.41) is 10.5. The maximum atomic E-state index is 12.7. The molecule has 0 aliphatic rings. The number of amides is 1. The van der Waals surface area contributed by atoms with E-state index in [-0.39, 0.29) is 16.6 Å². The number of H-pyrrole nitrogens is 1. The molecule has 1 heterocycles. The fraction of sp³-hybridized carbons (Fsp3) is 0.286. The number of rotatable bonds is 6. The van der Waals surface area contributed by atoms with Crippen LogP contribution in [0.2, 0.25) is 0 Å². The summed E-state index contributed by atoms with van der Waals surface area (Å²) in [7, 11) is 0. The van der Waals surface area contributed by atoms with Gasteiger partial charge in [0.2, 0.25) is 11.1 Å². The summed E-state index contributed by atoms with van der Waals surface area (Å²) >= 11 is 2.97. The van der Waals surface area contributed by atoms with Crippen LogP contribution in [0, 0.1) is 0 Å². The molecule has 28 heavy (non-hydrogen) atoms. The molecule has 0 saturated carbocycles. The van der Waals surface area contributed by atoms with Crippen LogP contribution in [0.25, 0.3) is 0 Å². The summed E-state index contributed by atoms with van der Waals surface area (Å²) in [5.74, 6) is 0.737. The first kappa shape index (κ1) is 20.5. The van der Waals surface area contributed by atoms with E-state index in [0.29, 0.717) is 5.16 Å². The second-order valence-electron chi connectivity index (χ2n) is 7.38. The Bertz CT molecular complexity index is 935. The standard InChI is InChI=1S/C21H24N4OS2/c1-14(27-20-23-19(24-25-20)21(2,3)4)18(26)22-16-12-8-9-13-17(16)28-15-10-6-5-7-11-15/h5-14H,1-4H3,(H,22,26)(H,23,24,25). The van der Waals surface area contributed by atoms with Crippen LogP contribution in [0.5, 0.6) is 0 Å². The average molecular weight is 413 g/mol. The molecule has 0 saturated heterocycles. The molecule has 5 nitrogen and oxygen atoms in total. The SMILES string of the molecule is CC(Sc1n[nH]c(C(C)(C)C)n1)C(=O)Nc1ccccc1Sc1ccccc1. The van der Waals surface area contributed by atoms with Gasteiger partial charge in [-0.1, -0.05) is 74.6 Å². The molecule has 0 radical (unpaired) electrons. The first-order valence-corrected chi connectivity index (χ1v) is 10.7. The predicted molar refractivity (Wildman–Crippen MR) is 116 cm³/mol. The Morgan fingerprint density at radius 1 is 1.07 bits per heavy atom. The average Bonchev–Trinajstić information content (AvgIpc) is 3.13. The molecule has 1 aromatic heterocycles. The van der Waals surface area contributed by atoms with E-state index in [1.54, 1.807) is 11.8 Å². The molecule has 2 aromatic carbocycles. The highest BCUT2D eigenvalue weighted by atomic mass is 32.2. The molecule has 7 heteroatoms. The fourth-order valence-electron chi connectivity index (χ4n) is 2.35. The summed E-state index contributed by atoms with van der Waals surface area (Å²) < 4.78 is 0. The molecule has 1 amide bonds. The maximum absolute atomic E-state index is 12.7. The van der Waals surface area contributed by atoms with Crippen molar-refractivity contribution in [2.24, 2.45) is 0 Å². The van der Waals surface area contributed by atoms with Gasteiger partial charge in [0, 0.05) is 15.2 Å². The van der Waals surface area contributed by atoms with Gasteiger partial charge in [-0.15, -0.1) is 5.10 Å². The van der Waals surface area contributed by atoms with Crippen LogP contribution in [-0.4, -0.2) is 26.3 Å². The van der Waals surface area contributed by atoms with E-state index >= 15 is 0 Å². The highest BCUT2D eigenvalue weighted by Gasteiger charge is 2.22. The Kier molecular flexibility index (Phi) is 6.46. The van der Waals surface area contributed by atoms with Crippen molar-refractivity contribution < 1.29 is 4.79 Å². The lowest BCUT2D eigenvalue weighted by molar-refractivity contribution is -0.115. The minimum atomic E-state index is -0.321. The van der Waals surface area contributed by atoms with E-state index in [2.05, 4.69) is 53.4 Å². The fourth-order valence-corrected chi connectivity index (χ4v) is 4.00. The van der Waals surface area contributed by atoms with Crippen molar-refractivity contribution >= 4 is 35.1 Å². The van der Waals surface area contributed by atoms with Gasteiger partial charge in [0.1, 0.15) is 5.82 Å². The third kappa shape index (κ3) is 5.39. The minimum absolute atomic E-state index is 0.0757. The van der Waals surface area contributed by atoms with Crippen LogP contribution in [0.1, 0.15) is 33.5 Å². The number of aromatic amines is 1. The summed E-state index contributed by atoms with van der Waals surface area (Å²) in [6, 6.07) is 17.9. The van der Waals surface area contributed by atoms with E-state index < -0.39 is 0 Å².